The van der Waals surface area contributed by atoms with E-state index in [1.165, 1.54) is 10.6 Å². The normalized spacial score (nSPS) is 11.0. The minimum Gasteiger partial charge on any atom is -0.493 e. The summed E-state index contributed by atoms with van der Waals surface area (Å²) in [5.74, 6) is 0.797. The highest BCUT2D eigenvalue weighted by molar-refractivity contribution is 6.12. The number of aryl methyl sites for hydroxylation is 1. The van der Waals surface area contributed by atoms with Gasteiger partial charge in [0.2, 0.25) is 0 Å². The molecule has 164 valence electrons. The van der Waals surface area contributed by atoms with Crippen LogP contribution in [0.5, 0.6) is 11.5 Å². The van der Waals surface area contributed by atoms with Gasteiger partial charge in [0.25, 0.3) is 11.5 Å². The van der Waals surface area contributed by atoms with Crippen LogP contribution in [0, 0.1) is 0 Å². The van der Waals surface area contributed by atoms with Crippen LogP contribution in [0.2, 0.25) is 0 Å². The molecular formula is C24H29N3O4. The van der Waals surface area contributed by atoms with Gasteiger partial charge in [0.05, 0.1) is 18.2 Å². The number of carbonyl (C=O) groups is 1. The zero-order chi connectivity index (χ0) is 22.4. The summed E-state index contributed by atoms with van der Waals surface area (Å²) in [7, 11) is 3.27. The van der Waals surface area contributed by atoms with Gasteiger partial charge in [0.15, 0.2) is 11.5 Å². The maximum Gasteiger partial charge on any atom is 0.256 e. The van der Waals surface area contributed by atoms with E-state index in [0.717, 1.165) is 19.6 Å². The van der Waals surface area contributed by atoms with E-state index in [9.17, 15) is 9.59 Å². The quantitative estimate of drug-likeness (QED) is 0.570. The Labute approximate surface area is 182 Å². The molecule has 3 aromatic rings. The van der Waals surface area contributed by atoms with Gasteiger partial charge in [-0.15, -0.1) is 0 Å². The Morgan fingerprint density at radius 3 is 2.52 bits per heavy atom. The summed E-state index contributed by atoms with van der Waals surface area (Å²) in [6, 6.07) is 13.9. The van der Waals surface area contributed by atoms with E-state index in [1.807, 2.05) is 24.3 Å². The number of pyridine rings is 1. The van der Waals surface area contributed by atoms with E-state index in [2.05, 4.69) is 24.1 Å². The topological polar surface area (TPSA) is 72.8 Å². The van der Waals surface area contributed by atoms with Crippen molar-refractivity contribution in [1.82, 2.24) is 9.47 Å². The summed E-state index contributed by atoms with van der Waals surface area (Å²) in [6.07, 6.45) is 0. The number of carbonyl (C=O) groups excluding carboxylic acids is 1. The highest BCUT2D eigenvalue weighted by Gasteiger charge is 2.15. The molecule has 1 amide bonds. The number of rotatable bonds is 9. The first-order valence-corrected chi connectivity index (χ1v) is 10.4. The monoisotopic (exact) mass is 423 g/mol. The predicted molar refractivity (Wildman–Crippen MR) is 123 cm³/mol. The standard InChI is InChI=1S/C24H29N3O4/c1-5-27(6-2)13-14-31-22-15-17(11-12-21(22)30-4)25-24(29)19-16-23(28)26(3)20-10-8-7-9-18(19)20/h7-12,15-16H,5-6,13-14H2,1-4H3,(H,25,29). The number of anilines is 1. The summed E-state index contributed by atoms with van der Waals surface area (Å²) < 4.78 is 12.8. The number of amides is 1. The van der Waals surface area contributed by atoms with Crippen molar-refractivity contribution in [3.05, 3.63) is 64.4 Å². The molecule has 3 rings (SSSR count). The Morgan fingerprint density at radius 1 is 1.06 bits per heavy atom. The summed E-state index contributed by atoms with van der Waals surface area (Å²) >= 11 is 0. The third-order valence-electron chi connectivity index (χ3n) is 5.38. The molecule has 0 fully saturated rings. The van der Waals surface area contributed by atoms with E-state index >= 15 is 0 Å². The van der Waals surface area contributed by atoms with E-state index in [0.29, 0.717) is 40.3 Å². The van der Waals surface area contributed by atoms with Crippen LogP contribution in [-0.4, -0.2) is 48.7 Å². The maximum atomic E-state index is 13.0. The number of hydrogen-bond acceptors (Lipinski definition) is 5. The number of hydrogen-bond donors (Lipinski definition) is 1. The molecule has 0 atom stereocenters. The third kappa shape index (κ3) is 5.06. The lowest BCUT2D eigenvalue weighted by Crippen LogP contribution is -2.28. The van der Waals surface area contributed by atoms with Crippen LogP contribution in [0.1, 0.15) is 24.2 Å². The first kappa shape index (κ1) is 22.4. The molecule has 0 bridgehead atoms. The van der Waals surface area contributed by atoms with Crippen LogP contribution >= 0.6 is 0 Å². The van der Waals surface area contributed by atoms with E-state index in [4.69, 9.17) is 9.47 Å². The molecule has 1 N–H and O–H groups in total. The largest absolute Gasteiger partial charge is 0.493 e. The van der Waals surface area contributed by atoms with Crippen LogP contribution in [0.4, 0.5) is 5.69 Å². The molecule has 0 unspecified atom stereocenters. The molecule has 0 saturated carbocycles. The van der Waals surface area contributed by atoms with Crippen molar-refractivity contribution in [3.8, 4) is 11.5 Å². The van der Waals surface area contributed by atoms with Crippen molar-refractivity contribution in [2.45, 2.75) is 13.8 Å². The number of methoxy groups -OCH3 is 1. The second kappa shape index (κ2) is 10.1. The summed E-state index contributed by atoms with van der Waals surface area (Å²) in [5.41, 5.74) is 1.36. The van der Waals surface area contributed by atoms with E-state index in [-0.39, 0.29) is 11.5 Å². The lowest BCUT2D eigenvalue weighted by Gasteiger charge is -2.19. The number of likely N-dealkylation sites (N-methyl/N-ethyl adjacent to an activating group) is 1. The van der Waals surface area contributed by atoms with Crippen molar-refractivity contribution < 1.29 is 14.3 Å². The van der Waals surface area contributed by atoms with E-state index in [1.54, 1.807) is 32.4 Å². The second-order valence-electron chi connectivity index (χ2n) is 7.17. The Balaban J connectivity index is 1.83. The number of fused-ring (bicyclic) bond motifs is 1. The second-order valence-corrected chi connectivity index (χ2v) is 7.17. The first-order chi connectivity index (χ1) is 15.0. The maximum absolute atomic E-state index is 13.0. The molecule has 7 heteroatoms. The van der Waals surface area contributed by atoms with Crippen molar-refractivity contribution >= 4 is 22.5 Å². The Kier molecular flexibility index (Phi) is 7.31. The fourth-order valence-corrected chi connectivity index (χ4v) is 3.49. The lowest BCUT2D eigenvalue weighted by atomic mass is 10.1. The lowest BCUT2D eigenvalue weighted by molar-refractivity contribution is 0.102. The molecule has 0 radical (unpaired) electrons. The van der Waals surface area contributed by atoms with Crippen LogP contribution in [0.3, 0.4) is 0 Å². The van der Waals surface area contributed by atoms with Crippen LogP contribution in [0.15, 0.2) is 53.3 Å². The Morgan fingerprint density at radius 2 is 1.81 bits per heavy atom. The SMILES string of the molecule is CCN(CC)CCOc1cc(NC(=O)c2cc(=O)n(C)c3ccccc23)ccc1OC. The summed E-state index contributed by atoms with van der Waals surface area (Å²) in [4.78, 5) is 27.6. The first-order valence-electron chi connectivity index (χ1n) is 10.4. The minimum absolute atomic E-state index is 0.237. The molecule has 0 spiro atoms. The zero-order valence-corrected chi connectivity index (χ0v) is 18.5. The van der Waals surface area contributed by atoms with Crippen molar-refractivity contribution in [3.63, 3.8) is 0 Å². The third-order valence-corrected chi connectivity index (χ3v) is 5.38. The number of ether oxygens (including phenoxy) is 2. The number of nitrogens with one attached hydrogen (secondary N) is 1. The van der Waals surface area contributed by atoms with Gasteiger partial charge in [-0.2, -0.15) is 0 Å². The Bertz CT molecular complexity index is 1120. The van der Waals surface area contributed by atoms with Gasteiger partial charge in [-0.3, -0.25) is 9.59 Å². The molecule has 2 aromatic carbocycles. The van der Waals surface area contributed by atoms with E-state index < -0.39 is 0 Å². The fraction of sp³-hybridized carbons (Fsp3) is 0.333. The molecule has 31 heavy (non-hydrogen) atoms. The van der Waals surface area contributed by atoms with Gasteiger partial charge in [-0.05, 0) is 31.3 Å². The molecule has 0 aliphatic heterocycles. The van der Waals surface area contributed by atoms with Crippen LogP contribution < -0.4 is 20.3 Å². The smallest absolute Gasteiger partial charge is 0.256 e. The van der Waals surface area contributed by atoms with Crippen LogP contribution in [0.25, 0.3) is 10.9 Å². The van der Waals surface area contributed by atoms with Gasteiger partial charge in [0.1, 0.15) is 6.61 Å². The fourth-order valence-electron chi connectivity index (χ4n) is 3.49. The number of nitrogens with zero attached hydrogens (tertiary/aromatic N) is 2. The highest BCUT2D eigenvalue weighted by atomic mass is 16.5. The highest BCUT2D eigenvalue weighted by Crippen LogP contribution is 2.30. The summed E-state index contributed by atoms with van der Waals surface area (Å²) in [6.45, 7) is 7.44. The average Bonchev–Trinajstić information content (AvgIpc) is 2.79. The molecule has 0 aliphatic rings. The minimum atomic E-state index is -0.354. The molecule has 0 aliphatic carbocycles. The molecule has 1 heterocycles. The predicted octanol–water partition coefficient (Wildman–Crippen LogP) is 3.52. The molecule has 7 nitrogen and oxygen atoms in total. The molecular weight excluding hydrogens is 394 g/mol. The van der Waals surface area contributed by atoms with Crippen LogP contribution in [-0.2, 0) is 7.05 Å². The van der Waals surface area contributed by atoms with Gasteiger partial charge >= 0.3 is 0 Å². The van der Waals surface area contributed by atoms with Gasteiger partial charge < -0.3 is 24.3 Å². The summed E-state index contributed by atoms with van der Waals surface area (Å²) in [5, 5.41) is 3.59. The van der Waals surface area contributed by atoms with Gasteiger partial charge in [0, 0.05) is 36.8 Å². The van der Waals surface area contributed by atoms with Crippen molar-refractivity contribution in [2.24, 2.45) is 7.05 Å². The van der Waals surface area contributed by atoms with Crippen molar-refractivity contribution in [2.75, 3.05) is 38.7 Å². The Hall–Kier alpha value is -3.32. The molecule has 0 saturated heterocycles. The van der Waals surface area contributed by atoms with Crippen molar-refractivity contribution in [1.29, 1.82) is 0 Å². The zero-order valence-electron chi connectivity index (χ0n) is 18.5. The van der Waals surface area contributed by atoms with Gasteiger partial charge in [-0.25, -0.2) is 0 Å². The number of aromatic nitrogens is 1. The number of para-hydroxylation sites is 1. The molecule has 1 aromatic heterocycles. The van der Waals surface area contributed by atoms with Gasteiger partial charge in [-0.1, -0.05) is 32.0 Å². The number of benzene rings is 2. The average molecular weight is 424 g/mol.